The number of ether oxygens (including phenoxy) is 1. The molecule has 1 saturated carbocycles. The van der Waals surface area contributed by atoms with Gasteiger partial charge in [0.25, 0.3) is 0 Å². The maximum atomic E-state index is 12.1. The van der Waals surface area contributed by atoms with Crippen LogP contribution in [0.1, 0.15) is 26.7 Å². The number of hydrogen-bond acceptors (Lipinski definition) is 7. The van der Waals surface area contributed by atoms with Crippen LogP contribution in [0.25, 0.3) is 0 Å². The summed E-state index contributed by atoms with van der Waals surface area (Å²) in [6, 6.07) is 6.60. The van der Waals surface area contributed by atoms with Crippen LogP contribution in [0, 0.1) is 0 Å². The van der Waals surface area contributed by atoms with Gasteiger partial charge in [-0.15, -0.1) is 0 Å². The summed E-state index contributed by atoms with van der Waals surface area (Å²) in [5.41, 5.74) is 0.629. The van der Waals surface area contributed by atoms with E-state index < -0.39 is 10.0 Å². The number of sulfonamides is 1. The van der Waals surface area contributed by atoms with Crippen LogP contribution in [-0.2, 0) is 14.8 Å². The van der Waals surface area contributed by atoms with Crippen molar-refractivity contribution in [3.63, 3.8) is 0 Å². The molecule has 0 amide bonds. The van der Waals surface area contributed by atoms with Gasteiger partial charge in [0.05, 0.1) is 29.3 Å². The Labute approximate surface area is 175 Å². The van der Waals surface area contributed by atoms with Crippen molar-refractivity contribution in [2.75, 3.05) is 29.9 Å². The van der Waals surface area contributed by atoms with Crippen molar-refractivity contribution in [1.82, 2.24) is 14.7 Å². The third-order valence-corrected chi connectivity index (χ3v) is 7.01. The molecule has 1 aliphatic heterocycles. The van der Waals surface area contributed by atoms with Crippen molar-refractivity contribution in [2.45, 2.75) is 43.2 Å². The molecule has 1 aromatic carbocycles. The van der Waals surface area contributed by atoms with Crippen LogP contribution in [0.4, 0.5) is 17.5 Å². The first-order chi connectivity index (χ1) is 13.8. The van der Waals surface area contributed by atoms with E-state index in [-0.39, 0.29) is 16.5 Å². The van der Waals surface area contributed by atoms with E-state index in [0.29, 0.717) is 35.6 Å². The Balaban J connectivity index is 1.53. The highest BCUT2D eigenvalue weighted by atomic mass is 35.5. The van der Waals surface area contributed by atoms with Crippen molar-refractivity contribution in [3.8, 4) is 0 Å². The summed E-state index contributed by atoms with van der Waals surface area (Å²) in [7, 11) is -3.48. The van der Waals surface area contributed by atoms with Gasteiger partial charge in [-0.3, -0.25) is 0 Å². The molecule has 4 rings (SSSR count). The molecule has 1 aliphatic carbocycles. The van der Waals surface area contributed by atoms with Gasteiger partial charge in [0.15, 0.2) is 5.82 Å². The zero-order valence-corrected chi connectivity index (χ0v) is 17.9. The van der Waals surface area contributed by atoms with Crippen LogP contribution < -0.4 is 14.9 Å². The lowest BCUT2D eigenvalue weighted by atomic mass is 10.2. The van der Waals surface area contributed by atoms with Gasteiger partial charge in [-0.05, 0) is 44.0 Å². The van der Waals surface area contributed by atoms with E-state index in [2.05, 4.69) is 31.8 Å². The van der Waals surface area contributed by atoms with E-state index >= 15 is 0 Å². The molecule has 156 valence electrons. The fraction of sp³-hybridized carbons (Fsp3) is 0.474. The molecule has 2 fully saturated rings. The number of nitrogens with one attached hydrogen (secondary N) is 2. The normalized spacial score (nSPS) is 20.7. The Bertz CT molecular complexity index is 995. The largest absolute Gasteiger partial charge is 0.371 e. The average molecular weight is 438 g/mol. The summed E-state index contributed by atoms with van der Waals surface area (Å²) in [5, 5.41) is 3.61. The minimum absolute atomic E-state index is 0.0533. The Morgan fingerprint density at radius 2 is 2.03 bits per heavy atom. The molecule has 0 radical (unpaired) electrons. The van der Waals surface area contributed by atoms with E-state index in [9.17, 15) is 8.42 Å². The molecule has 0 unspecified atom stereocenters. The smallest absolute Gasteiger partial charge is 0.240 e. The standard InChI is InChI=1S/C19H24ClN5O3S/c1-3-22-29(26,27)15-6-4-14(5-7-15)23-18-21-10-16(20)17(24-18)25-12-19(8-9-19)28-11-13(25)2/h4-7,10,13,22H,3,8-9,11-12H2,1-2H3,(H,21,23,24)/t13-/m0/s1. The predicted octanol–water partition coefficient (Wildman–Crippen LogP) is 2.93. The van der Waals surface area contributed by atoms with Gasteiger partial charge >= 0.3 is 0 Å². The molecular weight excluding hydrogens is 414 g/mol. The first-order valence-corrected chi connectivity index (χ1v) is 11.5. The second-order valence-corrected chi connectivity index (χ2v) is 9.66. The van der Waals surface area contributed by atoms with Gasteiger partial charge in [0.2, 0.25) is 16.0 Å². The molecule has 1 spiro atoms. The summed E-state index contributed by atoms with van der Waals surface area (Å²) in [6.45, 7) is 5.57. The predicted molar refractivity (Wildman–Crippen MR) is 112 cm³/mol. The number of nitrogens with zero attached hydrogens (tertiary/aromatic N) is 3. The zero-order valence-electron chi connectivity index (χ0n) is 16.4. The third-order valence-electron chi connectivity index (χ3n) is 5.18. The van der Waals surface area contributed by atoms with Crippen LogP contribution in [0.5, 0.6) is 0 Å². The first kappa shape index (κ1) is 20.3. The van der Waals surface area contributed by atoms with Crippen LogP contribution in [0.15, 0.2) is 35.4 Å². The second-order valence-electron chi connectivity index (χ2n) is 7.49. The van der Waals surface area contributed by atoms with Gasteiger partial charge in [-0.2, -0.15) is 4.98 Å². The molecule has 1 atom stereocenters. The maximum Gasteiger partial charge on any atom is 0.240 e. The third kappa shape index (κ3) is 4.32. The summed E-state index contributed by atoms with van der Waals surface area (Å²) in [6.07, 6.45) is 3.70. The first-order valence-electron chi connectivity index (χ1n) is 9.62. The Morgan fingerprint density at radius 3 is 2.69 bits per heavy atom. The number of aromatic nitrogens is 2. The Kier molecular flexibility index (Phi) is 5.41. The van der Waals surface area contributed by atoms with Crippen molar-refractivity contribution < 1.29 is 13.2 Å². The fourth-order valence-corrected chi connectivity index (χ4v) is 4.61. The quantitative estimate of drug-likeness (QED) is 0.717. The minimum atomic E-state index is -3.48. The zero-order chi connectivity index (χ0) is 20.6. The Hall–Kier alpha value is -1.94. The summed E-state index contributed by atoms with van der Waals surface area (Å²) < 4.78 is 32.6. The van der Waals surface area contributed by atoms with E-state index in [0.717, 1.165) is 19.4 Å². The van der Waals surface area contributed by atoms with Gasteiger partial charge in [-0.1, -0.05) is 18.5 Å². The van der Waals surface area contributed by atoms with E-state index in [1.54, 1.807) is 25.3 Å². The molecule has 2 aromatic rings. The van der Waals surface area contributed by atoms with E-state index in [1.165, 1.54) is 12.1 Å². The van der Waals surface area contributed by atoms with Crippen molar-refractivity contribution in [2.24, 2.45) is 0 Å². The topological polar surface area (TPSA) is 96.5 Å². The molecule has 2 N–H and O–H groups in total. The van der Waals surface area contributed by atoms with Crippen molar-refractivity contribution in [3.05, 3.63) is 35.5 Å². The summed E-state index contributed by atoms with van der Waals surface area (Å²) >= 11 is 6.40. The number of hydrogen-bond donors (Lipinski definition) is 2. The highest BCUT2D eigenvalue weighted by Gasteiger charge is 2.49. The average Bonchev–Trinajstić information content (AvgIpc) is 3.45. The molecule has 1 saturated heterocycles. The highest BCUT2D eigenvalue weighted by molar-refractivity contribution is 7.89. The minimum Gasteiger partial charge on any atom is -0.371 e. The molecule has 29 heavy (non-hydrogen) atoms. The van der Waals surface area contributed by atoms with Crippen molar-refractivity contribution in [1.29, 1.82) is 0 Å². The summed E-state index contributed by atoms with van der Waals surface area (Å²) in [5.74, 6) is 1.08. The number of morpholine rings is 1. The number of anilines is 3. The lowest BCUT2D eigenvalue weighted by Gasteiger charge is -2.39. The van der Waals surface area contributed by atoms with Crippen molar-refractivity contribution >= 4 is 39.1 Å². The van der Waals surface area contributed by atoms with Crippen LogP contribution in [-0.4, -0.2) is 49.7 Å². The van der Waals surface area contributed by atoms with Gasteiger partial charge < -0.3 is 15.0 Å². The second kappa shape index (κ2) is 7.71. The van der Waals surface area contributed by atoms with Gasteiger partial charge in [0.1, 0.15) is 5.02 Å². The van der Waals surface area contributed by atoms with Gasteiger partial charge in [0, 0.05) is 18.8 Å². The van der Waals surface area contributed by atoms with Gasteiger partial charge in [-0.25, -0.2) is 18.1 Å². The van der Waals surface area contributed by atoms with E-state index in [4.69, 9.17) is 16.3 Å². The molecule has 8 nitrogen and oxygen atoms in total. The number of halogens is 1. The highest BCUT2D eigenvalue weighted by Crippen LogP contribution is 2.44. The van der Waals surface area contributed by atoms with Crippen LogP contribution in [0.2, 0.25) is 5.02 Å². The lowest BCUT2D eigenvalue weighted by molar-refractivity contribution is 0.00318. The maximum absolute atomic E-state index is 12.1. The summed E-state index contributed by atoms with van der Waals surface area (Å²) in [4.78, 5) is 11.3. The SMILES string of the molecule is CCNS(=O)(=O)c1ccc(Nc2ncc(Cl)c(N3CC4(CC4)OC[C@@H]3C)n2)cc1. The molecule has 1 aromatic heterocycles. The monoisotopic (exact) mass is 437 g/mol. The van der Waals surface area contributed by atoms with Crippen LogP contribution in [0.3, 0.4) is 0 Å². The molecule has 10 heteroatoms. The molecule has 2 heterocycles. The van der Waals surface area contributed by atoms with Crippen LogP contribution >= 0.6 is 11.6 Å². The fourth-order valence-electron chi connectivity index (χ4n) is 3.36. The lowest BCUT2D eigenvalue weighted by Crippen LogP contribution is -2.50. The number of rotatable bonds is 6. The van der Waals surface area contributed by atoms with E-state index in [1.807, 2.05) is 0 Å². The molecule has 0 bridgehead atoms. The molecular formula is C19H24ClN5O3S. The Morgan fingerprint density at radius 1 is 1.31 bits per heavy atom. The molecule has 2 aliphatic rings. The number of benzene rings is 1.